The lowest BCUT2D eigenvalue weighted by molar-refractivity contribution is 0.181. The summed E-state index contributed by atoms with van der Waals surface area (Å²) in [5, 5.41) is 27.2. The third kappa shape index (κ3) is 1.43. The second kappa shape index (κ2) is 3.32. The van der Waals surface area contributed by atoms with Crippen LogP contribution in [0.25, 0.3) is 0 Å². The van der Waals surface area contributed by atoms with Crippen LogP contribution in [-0.4, -0.2) is 22.4 Å². The van der Waals surface area contributed by atoms with E-state index in [1.54, 1.807) is 0 Å². The quantitative estimate of drug-likeness (QED) is 0.578. The van der Waals surface area contributed by atoms with Crippen LogP contribution in [0.4, 0.5) is 0 Å². The molecule has 1 aromatic carbocycles. The minimum absolute atomic E-state index is 0.194. The highest BCUT2D eigenvalue weighted by atomic mass is 16.5. The molecule has 12 heavy (non-hydrogen) atoms. The molecule has 4 nitrogen and oxygen atoms in total. The summed E-state index contributed by atoms with van der Waals surface area (Å²) in [5.74, 6) is -1.19. The maximum atomic E-state index is 9.22. The summed E-state index contributed by atoms with van der Waals surface area (Å²) in [5.41, 5.74) is 0.438. The number of phenols is 3. The average Bonchev–Trinajstić information content (AvgIpc) is 2.07. The molecule has 0 saturated carbocycles. The standard InChI is InChI=1S/C8H10O4/c1-12-4-5-2-3-6(9)8(11)7(5)10/h2-3,9-11H,4H2,1H3. The van der Waals surface area contributed by atoms with E-state index in [9.17, 15) is 5.11 Å². The monoisotopic (exact) mass is 170 g/mol. The molecule has 1 rings (SSSR count). The van der Waals surface area contributed by atoms with Crippen molar-refractivity contribution in [1.29, 1.82) is 0 Å². The van der Waals surface area contributed by atoms with Crippen LogP contribution >= 0.6 is 0 Å². The molecule has 0 fully saturated rings. The normalized spacial score (nSPS) is 10.1. The Morgan fingerprint density at radius 2 is 1.83 bits per heavy atom. The van der Waals surface area contributed by atoms with Gasteiger partial charge >= 0.3 is 0 Å². The van der Waals surface area contributed by atoms with Crippen molar-refractivity contribution in [2.75, 3.05) is 7.11 Å². The first kappa shape index (κ1) is 8.67. The van der Waals surface area contributed by atoms with Crippen molar-refractivity contribution in [3.05, 3.63) is 17.7 Å². The number of methoxy groups -OCH3 is 1. The summed E-state index contributed by atoms with van der Waals surface area (Å²) in [6, 6.07) is 2.78. The van der Waals surface area contributed by atoms with Gasteiger partial charge in [-0.25, -0.2) is 0 Å². The Kier molecular flexibility index (Phi) is 2.40. The molecule has 0 atom stereocenters. The van der Waals surface area contributed by atoms with Gasteiger partial charge in [0.1, 0.15) is 0 Å². The fourth-order valence-electron chi connectivity index (χ4n) is 0.883. The Morgan fingerprint density at radius 1 is 1.17 bits per heavy atom. The molecule has 0 saturated heterocycles. The van der Waals surface area contributed by atoms with Gasteiger partial charge in [-0.15, -0.1) is 0 Å². The van der Waals surface area contributed by atoms with Gasteiger partial charge in [0.05, 0.1) is 6.61 Å². The number of hydrogen-bond donors (Lipinski definition) is 3. The van der Waals surface area contributed by atoms with Gasteiger partial charge in [0.2, 0.25) is 5.75 Å². The Balaban J connectivity index is 3.08. The fraction of sp³-hybridized carbons (Fsp3) is 0.250. The zero-order valence-electron chi connectivity index (χ0n) is 6.61. The molecule has 0 aliphatic heterocycles. The van der Waals surface area contributed by atoms with Crippen molar-refractivity contribution in [3.63, 3.8) is 0 Å². The van der Waals surface area contributed by atoms with Gasteiger partial charge in [-0.3, -0.25) is 0 Å². The molecule has 0 aromatic heterocycles. The largest absolute Gasteiger partial charge is 0.504 e. The van der Waals surface area contributed by atoms with Gasteiger partial charge in [0.15, 0.2) is 11.5 Å². The third-order valence-corrected chi connectivity index (χ3v) is 1.51. The fourth-order valence-corrected chi connectivity index (χ4v) is 0.883. The highest BCUT2D eigenvalue weighted by Gasteiger charge is 2.09. The average molecular weight is 170 g/mol. The van der Waals surface area contributed by atoms with Crippen LogP contribution in [0, 0.1) is 0 Å². The number of benzene rings is 1. The summed E-state index contributed by atoms with van der Waals surface area (Å²) in [4.78, 5) is 0. The topological polar surface area (TPSA) is 69.9 Å². The smallest absolute Gasteiger partial charge is 0.200 e. The number of phenolic OH excluding ortho intramolecular Hbond substituents is 3. The molecule has 66 valence electrons. The van der Waals surface area contributed by atoms with E-state index in [2.05, 4.69) is 0 Å². The lowest BCUT2D eigenvalue weighted by atomic mass is 10.2. The van der Waals surface area contributed by atoms with E-state index in [1.165, 1.54) is 19.2 Å². The SMILES string of the molecule is COCc1ccc(O)c(O)c1O. The number of hydrogen-bond acceptors (Lipinski definition) is 4. The third-order valence-electron chi connectivity index (χ3n) is 1.51. The molecule has 0 heterocycles. The molecular weight excluding hydrogens is 160 g/mol. The summed E-state index contributed by atoms with van der Waals surface area (Å²) < 4.78 is 4.75. The van der Waals surface area contributed by atoms with Crippen molar-refractivity contribution in [3.8, 4) is 17.2 Å². The van der Waals surface area contributed by atoms with E-state index in [1.807, 2.05) is 0 Å². The molecule has 0 aliphatic rings. The van der Waals surface area contributed by atoms with Crippen LogP contribution in [0.5, 0.6) is 17.2 Å². The molecule has 0 amide bonds. The van der Waals surface area contributed by atoms with E-state index in [0.29, 0.717) is 5.56 Å². The minimum Gasteiger partial charge on any atom is -0.504 e. The Labute approximate surface area is 69.7 Å². The lowest BCUT2D eigenvalue weighted by Gasteiger charge is -2.05. The van der Waals surface area contributed by atoms with Crippen molar-refractivity contribution in [2.45, 2.75) is 6.61 Å². The first-order valence-electron chi connectivity index (χ1n) is 3.38. The molecule has 1 aromatic rings. The maximum absolute atomic E-state index is 9.22. The van der Waals surface area contributed by atoms with E-state index >= 15 is 0 Å². The zero-order chi connectivity index (χ0) is 9.14. The molecule has 0 aliphatic carbocycles. The van der Waals surface area contributed by atoms with Gasteiger partial charge < -0.3 is 20.1 Å². The van der Waals surface area contributed by atoms with Crippen LogP contribution in [0.1, 0.15) is 5.56 Å². The summed E-state index contributed by atoms with van der Waals surface area (Å²) in [6.45, 7) is 0.194. The van der Waals surface area contributed by atoms with Crippen LogP contribution in [0.15, 0.2) is 12.1 Å². The van der Waals surface area contributed by atoms with E-state index in [4.69, 9.17) is 14.9 Å². The van der Waals surface area contributed by atoms with Crippen molar-refractivity contribution >= 4 is 0 Å². The van der Waals surface area contributed by atoms with Gasteiger partial charge in [-0.2, -0.15) is 0 Å². The molecule has 0 bridgehead atoms. The predicted octanol–water partition coefficient (Wildman–Crippen LogP) is 0.950. The first-order valence-corrected chi connectivity index (χ1v) is 3.38. The maximum Gasteiger partial charge on any atom is 0.200 e. The Hall–Kier alpha value is -1.42. The second-order valence-electron chi connectivity index (χ2n) is 2.37. The lowest BCUT2D eigenvalue weighted by Crippen LogP contribution is -1.87. The van der Waals surface area contributed by atoms with Crippen LogP contribution < -0.4 is 0 Å². The first-order chi connectivity index (χ1) is 5.66. The number of aromatic hydroxyl groups is 3. The van der Waals surface area contributed by atoms with Crippen molar-refractivity contribution < 1.29 is 20.1 Å². The van der Waals surface area contributed by atoms with Gasteiger partial charge in [-0.05, 0) is 12.1 Å². The molecule has 4 heteroatoms. The highest BCUT2D eigenvalue weighted by Crippen LogP contribution is 2.37. The molecule has 0 spiro atoms. The van der Waals surface area contributed by atoms with Crippen LogP contribution in [0.2, 0.25) is 0 Å². The second-order valence-corrected chi connectivity index (χ2v) is 2.37. The van der Waals surface area contributed by atoms with E-state index < -0.39 is 5.75 Å². The van der Waals surface area contributed by atoms with Gasteiger partial charge in [-0.1, -0.05) is 0 Å². The minimum atomic E-state index is -0.510. The zero-order valence-corrected chi connectivity index (χ0v) is 6.61. The van der Waals surface area contributed by atoms with Crippen molar-refractivity contribution in [1.82, 2.24) is 0 Å². The number of rotatable bonds is 2. The predicted molar refractivity (Wildman–Crippen MR) is 42.1 cm³/mol. The van der Waals surface area contributed by atoms with Crippen LogP contribution in [-0.2, 0) is 11.3 Å². The molecular formula is C8H10O4. The molecule has 3 N–H and O–H groups in total. The van der Waals surface area contributed by atoms with Crippen molar-refractivity contribution in [2.24, 2.45) is 0 Å². The Morgan fingerprint density at radius 3 is 2.42 bits per heavy atom. The van der Waals surface area contributed by atoms with Crippen LogP contribution in [0.3, 0.4) is 0 Å². The summed E-state index contributed by atoms with van der Waals surface area (Å²) >= 11 is 0. The van der Waals surface area contributed by atoms with E-state index in [0.717, 1.165) is 0 Å². The summed E-state index contributed by atoms with van der Waals surface area (Å²) in [7, 11) is 1.48. The highest BCUT2D eigenvalue weighted by molar-refractivity contribution is 5.52. The molecule has 0 unspecified atom stereocenters. The van der Waals surface area contributed by atoms with E-state index in [-0.39, 0.29) is 18.1 Å². The summed E-state index contributed by atoms with van der Waals surface area (Å²) in [6.07, 6.45) is 0. The molecule has 0 radical (unpaired) electrons. The Bertz CT molecular complexity index is 283. The number of ether oxygens (including phenoxy) is 1. The van der Waals surface area contributed by atoms with Gasteiger partial charge in [0.25, 0.3) is 0 Å². The van der Waals surface area contributed by atoms with Gasteiger partial charge in [0, 0.05) is 12.7 Å².